The average Bonchev–Trinajstić information content (AvgIpc) is 3.35. The second-order valence-corrected chi connectivity index (χ2v) is 24.5. The van der Waals surface area contributed by atoms with Crippen molar-refractivity contribution >= 4 is 77.1 Å². The third-order valence-corrected chi connectivity index (χ3v) is 13.5. The molecule has 0 unspecified atom stereocenters. The minimum Gasteiger partial charge on any atom is -0.383 e. The molecule has 0 atom stereocenters. The summed E-state index contributed by atoms with van der Waals surface area (Å²) in [6.45, 7) is 33.2. The maximum absolute atomic E-state index is 5.86. The zero-order valence-electron chi connectivity index (χ0n) is 47.6. The highest BCUT2D eigenvalue weighted by Crippen LogP contribution is 2.33. The molecule has 4 heterocycles. The molecule has 8 heteroatoms. The third kappa shape index (κ3) is 15.1. The molecule has 0 radical (unpaired) electrons. The molecule has 0 aliphatic rings. The number of nitrogen functional groups attached to an aromatic ring is 3. The Labute approximate surface area is 455 Å². The quantitative estimate of drug-likeness (QED) is 0.127. The maximum atomic E-state index is 5.86. The molecule has 10 rings (SSSR count). The number of nitrogens with one attached hydrogen (secondary N) is 1. The highest BCUT2D eigenvalue weighted by Gasteiger charge is 2.19. The zero-order valence-corrected chi connectivity index (χ0v) is 47.6. The van der Waals surface area contributed by atoms with Crippen LogP contribution in [-0.2, 0) is 27.1 Å². The van der Waals surface area contributed by atoms with Gasteiger partial charge in [0, 0.05) is 53.4 Å². The molecule has 76 heavy (non-hydrogen) atoms. The maximum Gasteiger partial charge on any atom is 0.133 e. The standard InChI is InChI=1S/C14H18N2.C14H16.3C13H16N2.CH4/c1-14(2,3)11-6-5-10-7-8-16-13(15-4)12(10)9-11;1-14(2,3)13-9-8-11-6-4-5-7-12(11)10-13;1-13(2,3)10-4-5-11-9(8-10)6-7-15-12(11)14;1-13(2,3)10-5-4-9-6-7-15-12(14)11(9)8-10;1-13(2,3)11-6-4-5-10-9(11)7-8-15-12(10)14;/h5-9H,1-4H3,(H,15,16);4-10H,1-3H3;3*4-8H,1-3H3,(H2,14,15);1H4. The van der Waals surface area contributed by atoms with Crippen molar-refractivity contribution in [2.75, 3.05) is 29.6 Å². The van der Waals surface area contributed by atoms with Gasteiger partial charge in [-0.2, -0.15) is 0 Å². The number of anilines is 4. The van der Waals surface area contributed by atoms with E-state index in [2.05, 4.69) is 232 Å². The van der Waals surface area contributed by atoms with Crippen LogP contribution < -0.4 is 22.5 Å². The Balaban J connectivity index is 0.000000175. The highest BCUT2D eigenvalue weighted by atomic mass is 14.9. The zero-order chi connectivity index (χ0) is 55.1. The van der Waals surface area contributed by atoms with E-state index < -0.39 is 0 Å². The number of fused-ring (bicyclic) bond motifs is 5. The van der Waals surface area contributed by atoms with Crippen molar-refractivity contribution < 1.29 is 0 Å². The number of pyridine rings is 4. The first-order valence-corrected chi connectivity index (χ1v) is 26.1. The highest BCUT2D eigenvalue weighted by molar-refractivity contribution is 5.95. The Hall–Kier alpha value is -7.58. The van der Waals surface area contributed by atoms with Crippen LogP contribution in [0.3, 0.4) is 0 Å². The van der Waals surface area contributed by atoms with E-state index in [0.29, 0.717) is 17.5 Å². The smallest absolute Gasteiger partial charge is 0.133 e. The molecule has 7 N–H and O–H groups in total. The third-order valence-electron chi connectivity index (χ3n) is 13.5. The van der Waals surface area contributed by atoms with E-state index in [4.69, 9.17) is 17.2 Å². The predicted octanol–water partition coefficient (Wildman–Crippen LogP) is 17.7. The van der Waals surface area contributed by atoms with Crippen molar-refractivity contribution in [1.29, 1.82) is 0 Å². The summed E-state index contributed by atoms with van der Waals surface area (Å²) in [6, 6.07) is 48.9. The summed E-state index contributed by atoms with van der Waals surface area (Å²) < 4.78 is 0. The molecule has 0 saturated heterocycles. The Morgan fingerprint density at radius 1 is 0.316 bits per heavy atom. The van der Waals surface area contributed by atoms with Crippen molar-refractivity contribution in [2.45, 2.75) is 138 Å². The number of aromatic nitrogens is 4. The van der Waals surface area contributed by atoms with Gasteiger partial charge in [0.15, 0.2) is 0 Å². The number of nitrogens with two attached hydrogens (primary N) is 3. The van der Waals surface area contributed by atoms with Gasteiger partial charge in [0.25, 0.3) is 0 Å². The fraction of sp³-hybridized carbons (Fsp3) is 0.324. The Bertz CT molecular complexity index is 3530. The van der Waals surface area contributed by atoms with Crippen molar-refractivity contribution in [1.82, 2.24) is 19.9 Å². The van der Waals surface area contributed by atoms with E-state index in [1.165, 1.54) is 54.7 Å². The van der Waals surface area contributed by atoms with E-state index in [1.54, 1.807) is 18.6 Å². The summed E-state index contributed by atoms with van der Waals surface area (Å²) in [5.41, 5.74) is 25.0. The molecule has 0 bridgehead atoms. The summed E-state index contributed by atoms with van der Waals surface area (Å²) in [4.78, 5) is 16.6. The first-order valence-electron chi connectivity index (χ1n) is 26.1. The fourth-order valence-corrected chi connectivity index (χ4v) is 8.70. The lowest BCUT2D eigenvalue weighted by atomic mass is 9.84. The van der Waals surface area contributed by atoms with Gasteiger partial charge in [0.1, 0.15) is 23.3 Å². The van der Waals surface area contributed by atoms with E-state index in [9.17, 15) is 0 Å². The topological polar surface area (TPSA) is 142 Å². The molecule has 398 valence electrons. The lowest BCUT2D eigenvalue weighted by Gasteiger charge is -2.21. The van der Waals surface area contributed by atoms with Gasteiger partial charge in [-0.05, 0) is 124 Å². The molecule has 6 aromatic carbocycles. The Kier molecular flexibility index (Phi) is 18.7. The fourth-order valence-electron chi connectivity index (χ4n) is 8.70. The Morgan fingerprint density at radius 2 is 0.724 bits per heavy atom. The molecule has 0 saturated carbocycles. The van der Waals surface area contributed by atoms with Crippen LogP contribution in [0.25, 0.3) is 53.9 Å². The van der Waals surface area contributed by atoms with Crippen molar-refractivity contribution in [3.8, 4) is 0 Å². The predicted molar refractivity (Wildman–Crippen MR) is 334 cm³/mol. The van der Waals surface area contributed by atoms with Crippen LogP contribution in [0.15, 0.2) is 164 Å². The Morgan fingerprint density at radius 3 is 1.25 bits per heavy atom. The largest absolute Gasteiger partial charge is 0.383 e. The normalized spacial score (nSPS) is 11.7. The average molecular weight is 1020 g/mol. The van der Waals surface area contributed by atoms with Gasteiger partial charge in [-0.25, -0.2) is 19.9 Å². The lowest BCUT2D eigenvalue weighted by molar-refractivity contribution is 0.591. The molecule has 10 aromatic rings. The monoisotopic (exact) mass is 1010 g/mol. The van der Waals surface area contributed by atoms with E-state index in [0.717, 1.165) is 32.7 Å². The molecular weight excluding hydrogens is 929 g/mol. The number of nitrogens with zero attached hydrogens (tertiary/aromatic N) is 4. The molecule has 0 fully saturated rings. The molecule has 0 aliphatic heterocycles. The minimum absolute atomic E-state index is 0. The first-order chi connectivity index (χ1) is 35.1. The second kappa shape index (κ2) is 24.0. The summed E-state index contributed by atoms with van der Waals surface area (Å²) in [6.07, 6.45) is 7.11. The van der Waals surface area contributed by atoms with Crippen LogP contribution in [0.4, 0.5) is 23.3 Å². The van der Waals surface area contributed by atoms with E-state index in [-0.39, 0.29) is 34.5 Å². The van der Waals surface area contributed by atoms with Gasteiger partial charge < -0.3 is 22.5 Å². The summed E-state index contributed by atoms with van der Waals surface area (Å²) in [5.74, 6) is 2.77. The van der Waals surface area contributed by atoms with Crippen LogP contribution in [0.2, 0.25) is 0 Å². The molecule has 0 spiro atoms. The summed E-state index contributed by atoms with van der Waals surface area (Å²) in [7, 11) is 1.91. The van der Waals surface area contributed by atoms with E-state index >= 15 is 0 Å². The summed E-state index contributed by atoms with van der Waals surface area (Å²) >= 11 is 0. The van der Waals surface area contributed by atoms with Gasteiger partial charge in [0.2, 0.25) is 0 Å². The lowest BCUT2D eigenvalue weighted by Crippen LogP contribution is -2.11. The van der Waals surface area contributed by atoms with Crippen LogP contribution in [0.1, 0.15) is 139 Å². The van der Waals surface area contributed by atoms with Crippen LogP contribution >= 0.6 is 0 Å². The van der Waals surface area contributed by atoms with Crippen LogP contribution in [0, 0.1) is 0 Å². The number of hydrogen-bond acceptors (Lipinski definition) is 8. The van der Waals surface area contributed by atoms with Crippen molar-refractivity contribution in [2.24, 2.45) is 0 Å². The minimum atomic E-state index is 0. The van der Waals surface area contributed by atoms with Gasteiger partial charge in [-0.15, -0.1) is 0 Å². The summed E-state index contributed by atoms with van der Waals surface area (Å²) in [5, 5.41) is 14.9. The van der Waals surface area contributed by atoms with Gasteiger partial charge >= 0.3 is 0 Å². The second-order valence-electron chi connectivity index (χ2n) is 24.5. The molecular formula is C68H86N8. The molecule has 8 nitrogen and oxygen atoms in total. The molecule has 4 aromatic heterocycles. The number of hydrogen-bond donors (Lipinski definition) is 4. The van der Waals surface area contributed by atoms with Gasteiger partial charge in [-0.1, -0.05) is 214 Å². The number of benzene rings is 6. The van der Waals surface area contributed by atoms with Crippen LogP contribution in [-0.4, -0.2) is 27.0 Å². The first kappa shape index (κ1) is 59.3. The van der Waals surface area contributed by atoms with E-state index in [1.807, 2.05) is 49.6 Å². The molecule has 0 aliphatic carbocycles. The van der Waals surface area contributed by atoms with Crippen molar-refractivity contribution in [3.05, 3.63) is 192 Å². The van der Waals surface area contributed by atoms with Gasteiger partial charge in [-0.3, -0.25) is 0 Å². The number of rotatable bonds is 1. The van der Waals surface area contributed by atoms with Gasteiger partial charge in [0.05, 0.1) is 0 Å². The van der Waals surface area contributed by atoms with Crippen LogP contribution in [0.5, 0.6) is 0 Å². The molecule has 0 amide bonds. The SMILES string of the molecule is C.CC(C)(C)c1ccc2c(N)nccc2c1.CC(C)(C)c1ccc2ccccc2c1.CC(C)(C)c1ccc2ccnc(N)c2c1.CC(C)(C)c1cccc2c(N)nccc12.CNc1nccc2ccc(C(C)(C)C)cc12. The van der Waals surface area contributed by atoms with Crippen molar-refractivity contribution in [3.63, 3.8) is 0 Å².